The maximum atomic E-state index is 4.73. The number of rotatable bonds is 5. The van der Waals surface area contributed by atoms with Crippen LogP contribution in [0.3, 0.4) is 0 Å². The molecule has 12 heavy (non-hydrogen) atoms. The zero-order valence-electron chi connectivity index (χ0n) is 7.91. The highest BCUT2D eigenvalue weighted by Gasteiger charge is 1.85. The van der Waals surface area contributed by atoms with Crippen molar-refractivity contribution in [1.29, 1.82) is 0 Å². The van der Waals surface area contributed by atoms with E-state index in [2.05, 4.69) is 4.89 Å². The van der Waals surface area contributed by atoms with Crippen molar-refractivity contribution in [3.8, 4) is 0 Å². The van der Waals surface area contributed by atoms with Crippen LogP contribution in [0.15, 0.2) is 36.0 Å². The fourth-order valence-corrected chi connectivity index (χ4v) is 0.595. The fraction of sp³-hybridized carbons (Fsp3) is 0.400. The van der Waals surface area contributed by atoms with Gasteiger partial charge in [-0.05, 0) is 19.4 Å². The van der Waals surface area contributed by atoms with E-state index in [9.17, 15) is 0 Å². The standard InChI is InChI=1S/C10H16O2/c1-4-5-6-7-8-10(2)9-12-11-3/h4-8H,9H2,1-3H3/b5-4-,7-6-,10-8+. The van der Waals surface area contributed by atoms with Crippen LogP contribution in [0, 0.1) is 0 Å². The highest BCUT2D eigenvalue weighted by molar-refractivity contribution is 5.15. The smallest absolute Gasteiger partial charge is 0.103 e. The van der Waals surface area contributed by atoms with E-state index in [4.69, 9.17) is 4.89 Å². The molecule has 68 valence electrons. The van der Waals surface area contributed by atoms with Crippen molar-refractivity contribution in [2.75, 3.05) is 13.7 Å². The Bertz CT molecular complexity index is 178. The highest BCUT2D eigenvalue weighted by Crippen LogP contribution is 1.94. The largest absolute Gasteiger partial charge is 0.240 e. The third-order valence-electron chi connectivity index (χ3n) is 1.20. The molecule has 0 amide bonds. The van der Waals surface area contributed by atoms with Gasteiger partial charge in [0.1, 0.15) is 6.61 Å². The Morgan fingerprint density at radius 3 is 2.58 bits per heavy atom. The molecule has 2 heteroatoms. The second-order valence-electron chi connectivity index (χ2n) is 2.35. The minimum atomic E-state index is 0.511. The molecule has 0 aliphatic carbocycles. The van der Waals surface area contributed by atoms with Gasteiger partial charge in [-0.2, -0.15) is 0 Å². The van der Waals surface area contributed by atoms with Crippen LogP contribution in [0.2, 0.25) is 0 Å². The van der Waals surface area contributed by atoms with Crippen LogP contribution in [0.25, 0.3) is 0 Å². The molecule has 0 aromatic heterocycles. The summed E-state index contributed by atoms with van der Waals surface area (Å²) < 4.78 is 0. The van der Waals surface area contributed by atoms with Gasteiger partial charge in [0.25, 0.3) is 0 Å². The summed E-state index contributed by atoms with van der Waals surface area (Å²) in [5, 5.41) is 0. The van der Waals surface area contributed by atoms with Crippen LogP contribution >= 0.6 is 0 Å². The molecule has 0 atom stereocenters. The summed E-state index contributed by atoms with van der Waals surface area (Å²) in [5.74, 6) is 0. The zero-order chi connectivity index (χ0) is 9.23. The summed E-state index contributed by atoms with van der Waals surface area (Å²) in [6.07, 6.45) is 9.87. The van der Waals surface area contributed by atoms with Crippen LogP contribution in [0.4, 0.5) is 0 Å². The van der Waals surface area contributed by atoms with E-state index in [0.29, 0.717) is 6.61 Å². The molecule has 0 saturated carbocycles. The molecule has 0 heterocycles. The summed E-state index contributed by atoms with van der Waals surface area (Å²) >= 11 is 0. The second-order valence-corrected chi connectivity index (χ2v) is 2.35. The normalized spacial score (nSPS) is 13.4. The van der Waals surface area contributed by atoms with Gasteiger partial charge in [-0.25, -0.2) is 9.78 Å². The van der Waals surface area contributed by atoms with E-state index >= 15 is 0 Å². The maximum absolute atomic E-state index is 4.73. The zero-order valence-corrected chi connectivity index (χ0v) is 7.91. The van der Waals surface area contributed by atoms with E-state index < -0.39 is 0 Å². The Labute approximate surface area is 74.1 Å². The number of hydrogen-bond donors (Lipinski definition) is 0. The summed E-state index contributed by atoms with van der Waals surface area (Å²) in [7, 11) is 1.50. The molecule has 0 rings (SSSR count). The Hall–Kier alpha value is -0.860. The van der Waals surface area contributed by atoms with Gasteiger partial charge in [0.05, 0.1) is 7.11 Å². The van der Waals surface area contributed by atoms with Crippen molar-refractivity contribution < 1.29 is 9.78 Å². The lowest BCUT2D eigenvalue weighted by Gasteiger charge is -1.97. The molecule has 0 aliphatic rings. The van der Waals surface area contributed by atoms with Gasteiger partial charge in [0.15, 0.2) is 0 Å². The average molecular weight is 168 g/mol. The molecule has 0 N–H and O–H groups in total. The van der Waals surface area contributed by atoms with Gasteiger partial charge in [-0.1, -0.05) is 30.4 Å². The van der Waals surface area contributed by atoms with Gasteiger partial charge in [-0.15, -0.1) is 0 Å². The average Bonchev–Trinajstić information content (AvgIpc) is 2.09. The van der Waals surface area contributed by atoms with E-state index in [1.54, 1.807) is 0 Å². The van der Waals surface area contributed by atoms with Gasteiger partial charge in [-0.3, -0.25) is 0 Å². The molecule has 2 nitrogen and oxygen atoms in total. The molecular weight excluding hydrogens is 152 g/mol. The Kier molecular flexibility index (Phi) is 7.65. The van der Waals surface area contributed by atoms with Crippen molar-refractivity contribution >= 4 is 0 Å². The summed E-state index contributed by atoms with van der Waals surface area (Å²) in [5.41, 5.74) is 1.12. The quantitative estimate of drug-likeness (QED) is 0.357. The Morgan fingerprint density at radius 1 is 1.25 bits per heavy atom. The molecular formula is C10H16O2. The van der Waals surface area contributed by atoms with E-state index in [1.165, 1.54) is 7.11 Å². The highest BCUT2D eigenvalue weighted by atomic mass is 17.2. The minimum Gasteiger partial charge on any atom is -0.240 e. The lowest BCUT2D eigenvalue weighted by atomic mass is 10.3. The molecule has 0 aliphatic heterocycles. The van der Waals surface area contributed by atoms with Crippen molar-refractivity contribution in [1.82, 2.24) is 0 Å². The number of hydrogen-bond acceptors (Lipinski definition) is 2. The number of allylic oxidation sites excluding steroid dienone is 5. The fourth-order valence-electron chi connectivity index (χ4n) is 0.595. The van der Waals surface area contributed by atoms with Gasteiger partial charge >= 0.3 is 0 Å². The summed E-state index contributed by atoms with van der Waals surface area (Å²) in [6, 6.07) is 0. The monoisotopic (exact) mass is 168 g/mol. The third kappa shape index (κ3) is 7.25. The summed E-state index contributed by atoms with van der Waals surface area (Å²) in [4.78, 5) is 9.19. The third-order valence-corrected chi connectivity index (χ3v) is 1.20. The minimum absolute atomic E-state index is 0.511. The van der Waals surface area contributed by atoms with Crippen molar-refractivity contribution in [2.45, 2.75) is 13.8 Å². The predicted molar refractivity (Wildman–Crippen MR) is 50.7 cm³/mol. The SMILES string of the molecule is C\C=C/C=C\C=C(/C)COOC. The van der Waals surface area contributed by atoms with Crippen molar-refractivity contribution in [2.24, 2.45) is 0 Å². The molecule has 0 fully saturated rings. The first-order valence-corrected chi connectivity index (χ1v) is 3.92. The van der Waals surface area contributed by atoms with Crippen LogP contribution < -0.4 is 0 Å². The van der Waals surface area contributed by atoms with E-state index in [-0.39, 0.29) is 0 Å². The maximum Gasteiger partial charge on any atom is 0.103 e. The van der Waals surface area contributed by atoms with Crippen molar-refractivity contribution in [3.05, 3.63) is 36.0 Å². The molecule has 0 unspecified atom stereocenters. The van der Waals surface area contributed by atoms with Crippen LogP contribution in [0.5, 0.6) is 0 Å². The Morgan fingerprint density at radius 2 is 2.00 bits per heavy atom. The lowest BCUT2D eigenvalue weighted by Crippen LogP contribution is -1.92. The molecule has 0 radical (unpaired) electrons. The summed E-state index contributed by atoms with van der Waals surface area (Å²) in [6.45, 7) is 4.48. The molecule has 0 aromatic carbocycles. The van der Waals surface area contributed by atoms with Gasteiger partial charge in [0.2, 0.25) is 0 Å². The van der Waals surface area contributed by atoms with Crippen LogP contribution in [-0.4, -0.2) is 13.7 Å². The molecule has 0 spiro atoms. The predicted octanol–water partition coefficient (Wildman–Crippen LogP) is 2.64. The molecule has 0 bridgehead atoms. The Balaban J connectivity index is 3.67. The first-order chi connectivity index (χ1) is 5.81. The second kappa shape index (κ2) is 8.24. The van der Waals surface area contributed by atoms with Gasteiger partial charge in [0, 0.05) is 0 Å². The van der Waals surface area contributed by atoms with Gasteiger partial charge < -0.3 is 0 Å². The topological polar surface area (TPSA) is 18.5 Å². The first kappa shape index (κ1) is 11.1. The lowest BCUT2D eigenvalue weighted by molar-refractivity contribution is -0.265. The van der Waals surface area contributed by atoms with Crippen LogP contribution in [0.1, 0.15) is 13.8 Å². The molecule has 0 saturated heterocycles. The van der Waals surface area contributed by atoms with Crippen LogP contribution in [-0.2, 0) is 9.78 Å². The van der Waals surface area contributed by atoms with E-state index in [1.807, 2.05) is 44.2 Å². The van der Waals surface area contributed by atoms with E-state index in [0.717, 1.165) is 5.57 Å². The first-order valence-electron chi connectivity index (χ1n) is 3.92. The van der Waals surface area contributed by atoms with Crippen molar-refractivity contribution in [3.63, 3.8) is 0 Å². The molecule has 0 aromatic rings.